The zero-order valence-electron chi connectivity index (χ0n) is 14.2. The van der Waals surface area contributed by atoms with Gasteiger partial charge in [0, 0.05) is 18.2 Å². The Morgan fingerprint density at radius 2 is 1.65 bits per heavy atom. The van der Waals surface area contributed by atoms with Gasteiger partial charge in [0.05, 0.1) is 28.5 Å². The van der Waals surface area contributed by atoms with E-state index in [9.17, 15) is 0 Å². The van der Waals surface area contributed by atoms with Crippen LogP contribution in [0.5, 0.6) is 0 Å². The summed E-state index contributed by atoms with van der Waals surface area (Å²) in [7, 11) is 1.94. The van der Waals surface area contributed by atoms with Gasteiger partial charge in [-0.05, 0) is 36.4 Å². The number of amidine groups is 2. The summed E-state index contributed by atoms with van der Waals surface area (Å²) < 4.78 is 1.98. The Hall–Kier alpha value is -3.68. The van der Waals surface area contributed by atoms with Gasteiger partial charge in [-0.15, -0.1) is 0 Å². The van der Waals surface area contributed by atoms with Gasteiger partial charge in [0.25, 0.3) is 0 Å². The maximum Gasteiger partial charge on any atom is 0.122 e. The Kier molecular flexibility index (Phi) is 3.47. The van der Waals surface area contributed by atoms with Gasteiger partial charge in [0.1, 0.15) is 23.3 Å². The minimum atomic E-state index is 0.0275. The number of hydrogen-bond donors (Lipinski definition) is 5. The standard InChI is InChI=1S/C18H18N8/c1-26-14-7-10(18(21)22)3-5-12(14)25-16(26)8-15-23-11-4-2-9(17(19)20)6-13(11)24-15/h2-7H,8H2,1H3,(H3,19,20)(H3,21,22)(H,23,24). The number of nitrogens with one attached hydrogen (secondary N) is 3. The molecule has 0 aliphatic carbocycles. The maximum absolute atomic E-state index is 7.59. The molecule has 8 nitrogen and oxygen atoms in total. The maximum atomic E-state index is 7.59. The fourth-order valence-electron chi connectivity index (χ4n) is 3.03. The van der Waals surface area contributed by atoms with Gasteiger partial charge >= 0.3 is 0 Å². The van der Waals surface area contributed by atoms with Crippen molar-refractivity contribution in [3.8, 4) is 0 Å². The normalized spacial score (nSPS) is 11.3. The van der Waals surface area contributed by atoms with E-state index in [4.69, 9.17) is 22.3 Å². The van der Waals surface area contributed by atoms with E-state index in [2.05, 4.69) is 15.0 Å². The molecular weight excluding hydrogens is 328 g/mol. The van der Waals surface area contributed by atoms with Crippen LogP contribution >= 0.6 is 0 Å². The summed E-state index contributed by atoms with van der Waals surface area (Å²) in [6.07, 6.45) is 0.532. The summed E-state index contributed by atoms with van der Waals surface area (Å²) in [4.78, 5) is 12.5. The van der Waals surface area contributed by atoms with E-state index in [0.717, 1.165) is 33.7 Å². The highest BCUT2D eigenvalue weighted by atomic mass is 15.1. The lowest BCUT2D eigenvalue weighted by atomic mass is 10.2. The van der Waals surface area contributed by atoms with Crippen LogP contribution in [0, 0.1) is 10.8 Å². The molecular formula is C18H18N8. The summed E-state index contributed by atoms with van der Waals surface area (Å²) in [5.74, 6) is 1.70. The number of H-pyrrole nitrogens is 1. The molecule has 0 amide bonds. The van der Waals surface area contributed by atoms with Crippen molar-refractivity contribution in [3.63, 3.8) is 0 Å². The molecule has 130 valence electrons. The van der Waals surface area contributed by atoms with E-state index in [-0.39, 0.29) is 11.7 Å². The minimum Gasteiger partial charge on any atom is -0.384 e. The second-order valence-electron chi connectivity index (χ2n) is 6.21. The topological polar surface area (TPSA) is 146 Å². The third-order valence-electron chi connectivity index (χ3n) is 4.45. The highest BCUT2D eigenvalue weighted by Crippen LogP contribution is 2.20. The van der Waals surface area contributed by atoms with Crippen molar-refractivity contribution in [2.24, 2.45) is 18.5 Å². The zero-order chi connectivity index (χ0) is 18.4. The molecule has 0 bridgehead atoms. The van der Waals surface area contributed by atoms with Gasteiger partial charge in [-0.1, -0.05) is 0 Å². The number of hydrogen-bond acceptors (Lipinski definition) is 4. The molecule has 2 aromatic carbocycles. The largest absolute Gasteiger partial charge is 0.384 e. The summed E-state index contributed by atoms with van der Waals surface area (Å²) in [5, 5.41) is 15.1. The molecule has 4 rings (SSSR count). The number of nitrogens with zero attached hydrogens (tertiary/aromatic N) is 3. The van der Waals surface area contributed by atoms with Crippen molar-refractivity contribution in [1.82, 2.24) is 19.5 Å². The highest BCUT2D eigenvalue weighted by Gasteiger charge is 2.12. The van der Waals surface area contributed by atoms with Crippen LogP contribution in [0.3, 0.4) is 0 Å². The molecule has 0 aliphatic heterocycles. The van der Waals surface area contributed by atoms with Gasteiger partial charge in [0.15, 0.2) is 0 Å². The van der Waals surface area contributed by atoms with E-state index in [0.29, 0.717) is 17.5 Å². The predicted molar refractivity (Wildman–Crippen MR) is 102 cm³/mol. The van der Waals surface area contributed by atoms with Crippen LogP contribution in [0.15, 0.2) is 36.4 Å². The lowest BCUT2D eigenvalue weighted by molar-refractivity contribution is 0.824. The van der Waals surface area contributed by atoms with Crippen molar-refractivity contribution in [2.45, 2.75) is 6.42 Å². The third-order valence-corrected chi connectivity index (χ3v) is 4.45. The van der Waals surface area contributed by atoms with E-state index in [1.807, 2.05) is 35.9 Å². The van der Waals surface area contributed by atoms with Crippen LogP contribution in [0.25, 0.3) is 22.1 Å². The fraction of sp³-hybridized carbons (Fsp3) is 0.111. The molecule has 7 N–H and O–H groups in total. The van der Waals surface area contributed by atoms with E-state index in [1.165, 1.54) is 0 Å². The fourth-order valence-corrected chi connectivity index (χ4v) is 3.03. The molecule has 0 aliphatic rings. The second-order valence-corrected chi connectivity index (χ2v) is 6.21. The Morgan fingerprint density at radius 1 is 1.00 bits per heavy atom. The van der Waals surface area contributed by atoms with Crippen molar-refractivity contribution in [3.05, 3.63) is 59.2 Å². The molecule has 4 aromatic rings. The van der Waals surface area contributed by atoms with Crippen LogP contribution in [-0.2, 0) is 13.5 Å². The lowest BCUT2D eigenvalue weighted by Crippen LogP contribution is -2.10. The number of nitrogen functional groups attached to an aromatic ring is 2. The number of fused-ring (bicyclic) bond motifs is 2. The van der Waals surface area contributed by atoms with Crippen LogP contribution in [0.4, 0.5) is 0 Å². The predicted octanol–water partition coefficient (Wildman–Crippen LogP) is 1.61. The van der Waals surface area contributed by atoms with Gasteiger partial charge in [-0.25, -0.2) is 9.97 Å². The van der Waals surface area contributed by atoms with Crippen LogP contribution in [0.2, 0.25) is 0 Å². The minimum absolute atomic E-state index is 0.0275. The molecule has 26 heavy (non-hydrogen) atoms. The number of aromatic amines is 1. The average Bonchev–Trinajstić information content (AvgIpc) is 3.14. The molecule has 0 atom stereocenters. The molecule has 0 saturated heterocycles. The average molecular weight is 346 g/mol. The summed E-state index contributed by atoms with van der Waals surface area (Å²) in [5.41, 5.74) is 15.9. The summed E-state index contributed by atoms with van der Waals surface area (Å²) in [6.45, 7) is 0. The first-order chi connectivity index (χ1) is 12.4. The second kappa shape index (κ2) is 5.69. The van der Waals surface area contributed by atoms with Crippen molar-refractivity contribution in [1.29, 1.82) is 10.8 Å². The Bertz CT molecular complexity index is 1180. The Labute approximate surface area is 148 Å². The lowest BCUT2D eigenvalue weighted by Gasteiger charge is -2.02. The number of rotatable bonds is 4. The van der Waals surface area contributed by atoms with Gasteiger partial charge in [0.2, 0.25) is 0 Å². The van der Waals surface area contributed by atoms with Crippen LogP contribution < -0.4 is 11.5 Å². The quantitative estimate of drug-likeness (QED) is 0.282. The van der Waals surface area contributed by atoms with Crippen molar-refractivity contribution < 1.29 is 0 Å². The van der Waals surface area contributed by atoms with Gasteiger partial charge in [-0.3, -0.25) is 10.8 Å². The summed E-state index contributed by atoms with van der Waals surface area (Å²) >= 11 is 0. The third kappa shape index (κ3) is 2.57. The van der Waals surface area contributed by atoms with E-state index < -0.39 is 0 Å². The summed E-state index contributed by atoms with van der Waals surface area (Å²) in [6, 6.07) is 11.0. The molecule has 8 heteroatoms. The van der Waals surface area contributed by atoms with E-state index >= 15 is 0 Å². The Balaban J connectivity index is 1.72. The number of benzene rings is 2. The Morgan fingerprint density at radius 3 is 2.35 bits per heavy atom. The van der Waals surface area contributed by atoms with Crippen molar-refractivity contribution >= 4 is 33.7 Å². The first-order valence-electron chi connectivity index (χ1n) is 8.05. The molecule has 0 spiro atoms. The smallest absolute Gasteiger partial charge is 0.122 e. The van der Waals surface area contributed by atoms with Crippen LogP contribution in [0.1, 0.15) is 22.8 Å². The number of imidazole rings is 2. The zero-order valence-corrected chi connectivity index (χ0v) is 14.2. The molecule has 2 aromatic heterocycles. The van der Waals surface area contributed by atoms with Crippen molar-refractivity contribution in [2.75, 3.05) is 0 Å². The number of aromatic nitrogens is 4. The van der Waals surface area contributed by atoms with Crippen LogP contribution in [-0.4, -0.2) is 31.2 Å². The highest BCUT2D eigenvalue weighted by molar-refractivity contribution is 5.98. The number of aryl methyl sites for hydroxylation is 1. The van der Waals surface area contributed by atoms with Gasteiger partial charge in [-0.2, -0.15) is 0 Å². The molecule has 0 unspecified atom stereocenters. The first-order valence-corrected chi connectivity index (χ1v) is 8.05. The molecule has 2 heterocycles. The molecule has 0 saturated carbocycles. The first kappa shape index (κ1) is 15.8. The monoisotopic (exact) mass is 346 g/mol. The SMILES string of the molecule is Cn1c(Cc2nc3ccc(C(=N)N)cc3[nH]2)nc2ccc(C(=N)N)cc21. The number of nitrogens with two attached hydrogens (primary N) is 2. The van der Waals surface area contributed by atoms with E-state index in [1.54, 1.807) is 12.1 Å². The van der Waals surface area contributed by atoms with Gasteiger partial charge < -0.3 is 21.0 Å². The molecule has 0 fully saturated rings. The molecule has 0 radical (unpaired) electrons.